The van der Waals surface area contributed by atoms with Gasteiger partial charge in [0.1, 0.15) is 5.75 Å². The van der Waals surface area contributed by atoms with Gasteiger partial charge in [-0.2, -0.15) is 0 Å². The summed E-state index contributed by atoms with van der Waals surface area (Å²) in [6.07, 6.45) is 0. The Balaban J connectivity index is 1.79. The van der Waals surface area contributed by atoms with Gasteiger partial charge in [0.05, 0.1) is 21.6 Å². The number of pyridine rings is 1. The van der Waals surface area contributed by atoms with E-state index in [1.807, 2.05) is 48.5 Å². The lowest BCUT2D eigenvalue weighted by Gasteiger charge is -2.14. The van der Waals surface area contributed by atoms with Crippen LogP contribution in [0.5, 0.6) is 5.75 Å². The number of aromatic hydroxyl groups is 1. The Morgan fingerprint density at radius 2 is 1.58 bits per heavy atom. The van der Waals surface area contributed by atoms with Gasteiger partial charge in [-0.1, -0.05) is 36.4 Å². The second kappa shape index (κ2) is 6.33. The minimum atomic E-state index is -0.472. The summed E-state index contributed by atoms with van der Waals surface area (Å²) < 4.78 is 0. The average molecular weight is 345 g/mol. The second-order valence-electron chi connectivity index (χ2n) is 5.94. The van der Waals surface area contributed by atoms with Gasteiger partial charge in [-0.3, -0.25) is 10.1 Å². The molecule has 0 fully saturated rings. The largest absolute Gasteiger partial charge is 0.508 e. The summed E-state index contributed by atoms with van der Waals surface area (Å²) in [4.78, 5) is 15.2. The fourth-order valence-corrected chi connectivity index (χ4v) is 3.04. The van der Waals surface area contributed by atoms with Gasteiger partial charge in [0.15, 0.2) is 0 Å². The van der Waals surface area contributed by atoms with E-state index in [-0.39, 0.29) is 18.0 Å². The maximum atomic E-state index is 11.0. The highest BCUT2D eigenvalue weighted by Crippen LogP contribution is 2.32. The highest BCUT2D eigenvalue weighted by atomic mass is 16.6. The molecule has 4 rings (SSSR count). The zero-order valence-electron chi connectivity index (χ0n) is 13.7. The smallest absolute Gasteiger partial charge is 0.270 e. The lowest BCUT2D eigenvalue weighted by Crippen LogP contribution is -2.03. The first-order chi connectivity index (χ1) is 12.6. The van der Waals surface area contributed by atoms with E-state index in [0.29, 0.717) is 5.56 Å². The van der Waals surface area contributed by atoms with Gasteiger partial charge in [0.2, 0.25) is 0 Å². The fraction of sp³-hybridized carbons (Fsp3) is 0.0500. The van der Waals surface area contributed by atoms with Crippen LogP contribution in [0.4, 0.5) is 11.4 Å². The number of non-ortho nitro benzene ring substituents is 1. The number of rotatable bonds is 4. The summed E-state index contributed by atoms with van der Waals surface area (Å²) in [5, 5.41) is 26.3. The second-order valence-corrected chi connectivity index (χ2v) is 5.94. The van der Waals surface area contributed by atoms with Crippen LogP contribution in [0, 0.1) is 10.1 Å². The summed E-state index contributed by atoms with van der Waals surface area (Å²) in [5.74, 6) is 0.0192. The first kappa shape index (κ1) is 15.8. The van der Waals surface area contributed by atoms with Crippen molar-refractivity contribution in [3.05, 3.63) is 82.4 Å². The molecule has 0 aliphatic heterocycles. The van der Waals surface area contributed by atoms with Crippen LogP contribution in [0.3, 0.4) is 0 Å². The molecule has 0 saturated heterocycles. The summed E-state index contributed by atoms with van der Waals surface area (Å²) in [6, 6.07) is 19.6. The van der Waals surface area contributed by atoms with Crippen LogP contribution in [0.15, 0.2) is 66.7 Å². The number of nitro benzene ring substituents is 1. The third kappa shape index (κ3) is 2.77. The predicted octanol–water partition coefficient (Wildman–Crippen LogP) is 4.61. The van der Waals surface area contributed by atoms with Crippen molar-refractivity contribution in [2.75, 3.05) is 5.32 Å². The molecule has 6 nitrogen and oxygen atoms in total. The van der Waals surface area contributed by atoms with E-state index in [2.05, 4.69) is 10.3 Å². The van der Waals surface area contributed by atoms with E-state index in [4.69, 9.17) is 0 Å². The minimum absolute atomic E-state index is 0.0192. The molecule has 2 N–H and O–H groups in total. The summed E-state index contributed by atoms with van der Waals surface area (Å²) >= 11 is 0. The molecule has 0 aliphatic rings. The Kier molecular flexibility index (Phi) is 3.85. The molecule has 4 aromatic rings. The van der Waals surface area contributed by atoms with Crippen LogP contribution in [-0.2, 0) is 6.54 Å². The molecule has 0 radical (unpaired) electrons. The Hall–Kier alpha value is -3.67. The number of nitrogens with zero attached hydrogens (tertiary/aromatic N) is 2. The quantitative estimate of drug-likeness (QED) is 0.320. The number of benzene rings is 3. The summed E-state index contributed by atoms with van der Waals surface area (Å²) in [5.41, 5.74) is 3.01. The van der Waals surface area contributed by atoms with Crippen molar-refractivity contribution >= 4 is 33.2 Å². The number of anilines is 1. The zero-order valence-corrected chi connectivity index (χ0v) is 13.7. The Morgan fingerprint density at radius 3 is 2.19 bits per heavy atom. The van der Waals surface area contributed by atoms with Gasteiger partial charge in [0, 0.05) is 35.0 Å². The molecule has 6 heteroatoms. The first-order valence-electron chi connectivity index (χ1n) is 8.11. The van der Waals surface area contributed by atoms with Crippen LogP contribution in [0.25, 0.3) is 21.8 Å². The number of aromatic nitrogens is 1. The van der Waals surface area contributed by atoms with Crippen molar-refractivity contribution in [3.8, 4) is 5.75 Å². The van der Waals surface area contributed by atoms with Gasteiger partial charge in [-0.15, -0.1) is 0 Å². The van der Waals surface area contributed by atoms with E-state index in [1.54, 1.807) is 0 Å². The van der Waals surface area contributed by atoms with Gasteiger partial charge < -0.3 is 10.4 Å². The van der Waals surface area contributed by atoms with Crippen LogP contribution in [0.2, 0.25) is 0 Å². The number of hydrogen-bond donors (Lipinski definition) is 2. The number of phenols is 1. The fourth-order valence-electron chi connectivity index (χ4n) is 3.04. The molecule has 0 saturated carbocycles. The third-order valence-corrected chi connectivity index (χ3v) is 4.32. The molecule has 1 heterocycles. The van der Waals surface area contributed by atoms with E-state index in [0.717, 1.165) is 27.5 Å². The highest BCUT2D eigenvalue weighted by Gasteiger charge is 2.12. The van der Waals surface area contributed by atoms with Crippen molar-refractivity contribution in [1.82, 2.24) is 4.98 Å². The first-order valence-corrected chi connectivity index (χ1v) is 8.11. The monoisotopic (exact) mass is 345 g/mol. The summed E-state index contributed by atoms with van der Waals surface area (Å²) in [6.45, 7) is 0.255. The Labute approximate surface area is 148 Å². The third-order valence-electron chi connectivity index (χ3n) is 4.32. The molecular weight excluding hydrogens is 330 g/mol. The Morgan fingerprint density at radius 1 is 0.962 bits per heavy atom. The topological polar surface area (TPSA) is 88.3 Å². The van der Waals surface area contributed by atoms with Gasteiger partial charge in [-0.25, -0.2) is 4.98 Å². The maximum Gasteiger partial charge on any atom is 0.270 e. The number of nitrogens with one attached hydrogen (secondary N) is 1. The lowest BCUT2D eigenvalue weighted by molar-refractivity contribution is -0.384. The SMILES string of the molecule is O=[N+]([O-])c1ccc(O)c(CNc2c3ccccc3nc3ccccc23)c1. The normalized spacial score (nSPS) is 10.9. The van der Waals surface area contributed by atoms with E-state index in [9.17, 15) is 15.2 Å². The molecule has 26 heavy (non-hydrogen) atoms. The molecule has 1 aromatic heterocycles. The standard InChI is InChI=1S/C20H15N3O3/c24-19-10-9-14(23(25)26)11-13(19)12-21-20-15-5-1-3-7-17(15)22-18-8-4-2-6-16(18)20/h1-11,24H,12H2,(H,21,22). The van der Waals surface area contributed by atoms with Crippen LogP contribution < -0.4 is 5.32 Å². The minimum Gasteiger partial charge on any atom is -0.508 e. The van der Waals surface area contributed by atoms with E-state index in [1.165, 1.54) is 18.2 Å². The maximum absolute atomic E-state index is 11.0. The molecule has 128 valence electrons. The van der Waals surface area contributed by atoms with Gasteiger partial charge >= 0.3 is 0 Å². The zero-order chi connectivity index (χ0) is 18.1. The molecule has 3 aromatic carbocycles. The van der Waals surface area contributed by atoms with Crippen molar-refractivity contribution in [2.45, 2.75) is 6.54 Å². The van der Waals surface area contributed by atoms with Crippen LogP contribution in [-0.4, -0.2) is 15.0 Å². The number of hydrogen-bond acceptors (Lipinski definition) is 5. The van der Waals surface area contributed by atoms with Crippen molar-refractivity contribution < 1.29 is 10.0 Å². The van der Waals surface area contributed by atoms with E-state index < -0.39 is 4.92 Å². The van der Waals surface area contributed by atoms with Crippen molar-refractivity contribution in [2.24, 2.45) is 0 Å². The molecule has 0 aliphatic carbocycles. The Bertz CT molecular complexity index is 1090. The molecular formula is C20H15N3O3. The predicted molar refractivity (Wildman–Crippen MR) is 101 cm³/mol. The van der Waals surface area contributed by atoms with E-state index >= 15 is 0 Å². The highest BCUT2D eigenvalue weighted by molar-refractivity contribution is 6.07. The molecule has 0 amide bonds. The van der Waals surface area contributed by atoms with Gasteiger partial charge in [0.25, 0.3) is 5.69 Å². The van der Waals surface area contributed by atoms with Crippen molar-refractivity contribution in [1.29, 1.82) is 0 Å². The summed E-state index contributed by atoms with van der Waals surface area (Å²) in [7, 11) is 0. The lowest BCUT2D eigenvalue weighted by atomic mass is 10.1. The number of nitro groups is 1. The van der Waals surface area contributed by atoms with Crippen molar-refractivity contribution in [3.63, 3.8) is 0 Å². The van der Waals surface area contributed by atoms with Gasteiger partial charge in [-0.05, 0) is 18.2 Å². The number of para-hydroxylation sites is 2. The molecule has 0 unspecified atom stereocenters. The molecule has 0 bridgehead atoms. The molecule has 0 atom stereocenters. The van der Waals surface area contributed by atoms with Crippen LogP contribution >= 0.6 is 0 Å². The van der Waals surface area contributed by atoms with Crippen LogP contribution in [0.1, 0.15) is 5.56 Å². The average Bonchev–Trinajstić information content (AvgIpc) is 2.66. The number of phenolic OH excluding ortho intramolecular Hbond substituents is 1. The molecule has 0 spiro atoms. The number of fused-ring (bicyclic) bond motifs is 2.